The molecule has 25 heavy (non-hydrogen) atoms. The molecule has 3 aromatic rings. The van der Waals surface area contributed by atoms with Gasteiger partial charge in [0.25, 0.3) is 0 Å². The van der Waals surface area contributed by atoms with E-state index in [2.05, 4.69) is 35.8 Å². The number of rotatable bonds is 4. The van der Waals surface area contributed by atoms with Crippen molar-refractivity contribution in [1.29, 1.82) is 0 Å². The molecule has 1 aromatic heterocycles. The Hall–Kier alpha value is -2.33. The van der Waals surface area contributed by atoms with E-state index in [9.17, 15) is 9.90 Å². The molecule has 1 amide bonds. The number of carbonyl (C=O) groups is 1. The van der Waals surface area contributed by atoms with Crippen LogP contribution in [0.25, 0.3) is 21.8 Å². The number of amides is 1. The average molecular weight is 336 g/mol. The highest BCUT2D eigenvalue weighted by Gasteiger charge is 2.25. The van der Waals surface area contributed by atoms with Crippen molar-refractivity contribution in [2.75, 3.05) is 13.1 Å². The minimum absolute atomic E-state index is 0.167. The minimum Gasteiger partial charge on any atom is -0.389 e. The lowest BCUT2D eigenvalue weighted by Crippen LogP contribution is -2.43. The van der Waals surface area contributed by atoms with Crippen molar-refractivity contribution in [3.05, 3.63) is 48.5 Å². The Kier molecular flexibility index (Phi) is 4.22. The first kappa shape index (κ1) is 16.2. The molecule has 0 radical (unpaired) electrons. The summed E-state index contributed by atoms with van der Waals surface area (Å²) >= 11 is 0. The fourth-order valence-electron chi connectivity index (χ4n) is 3.95. The molecule has 2 unspecified atom stereocenters. The molecular weight excluding hydrogens is 312 g/mol. The van der Waals surface area contributed by atoms with Crippen LogP contribution in [-0.2, 0) is 11.3 Å². The number of hydrogen-bond donors (Lipinski definition) is 1. The van der Waals surface area contributed by atoms with Crippen molar-refractivity contribution in [3.63, 3.8) is 0 Å². The highest BCUT2D eigenvalue weighted by atomic mass is 16.3. The zero-order valence-electron chi connectivity index (χ0n) is 14.6. The van der Waals surface area contributed by atoms with Gasteiger partial charge in [0.05, 0.1) is 12.6 Å². The number of para-hydroxylation sites is 2. The van der Waals surface area contributed by atoms with Gasteiger partial charge in [-0.05, 0) is 24.5 Å². The van der Waals surface area contributed by atoms with E-state index in [1.807, 2.05) is 29.2 Å². The van der Waals surface area contributed by atoms with Crippen molar-refractivity contribution in [2.45, 2.75) is 32.4 Å². The number of fused-ring (bicyclic) bond motifs is 3. The lowest BCUT2D eigenvalue weighted by atomic mass is 9.98. The first-order chi connectivity index (χ1) is 12.1. The molecule has 1 aliphatic heterocycles. The maximum atomic E-state index is 12.2. The van der Waals surface area contributed by atoms with E-state index in [1.165, 1.54) is 10.8 Å². The second-order valence-electron chi connectivity index (χ2n) is 7.24. The number of carbonyl (C=O) groups excluding carboxylic acids is 1. The van der Waals surface area contributed by atoms with Crippen molar-refractivity contribution in [3.8, 4) is 0 Å². The van der Waals surface area contributed by atoms with Gasteiger partial charge >= 0.3 is 0 Å². The van der Waals surface area contributed by atoms with E-state index < -0.39 is 6.10 Å². The van der Waals surface area contributed by atoms with Crippen LogP contribution in [0.4, 0.5) is 0 Å². The topological polar surface area (TPSA) is 45.5 Å². The number of aliphatic hydroxyl groups excluding tert-OH is 1. The maximum absolute atomic E-state index is 12.2. The summed E-state index contributed by atoms with van der Waals surface area (Å²) in [4.78, 5) is 14.0. The molecule has 1 N–H and O–H groups in total. The fraction of sp³-hybridized carbons (Fsp3) is 0.381. The second kappa shape index (κ2) is 6.52. The minimum atomic E-state index is -0.573. The van der Waals surface area contributed by atoms with Crippen molar-refractivity contribution >= 4 is 27.7 Å². The predicted molar refractivity (Wildman–Crippen MR) is 100 cm³/mol. The van der Waals surface area contributed by atoms with Crippen LogP contribution in [0, 0.1) is 5.92 Å². The van der Waals surface area contributed by atoms with Crippen LogP contribution < -0.4 is 0 Å². The summed E-state index contributed by atoms with van der Waals surface area (Å²) < 4.78 is 2.17. The summed E-state index contributed by atoms with van der Waals surface area (Å²) in [6.07, 6.45) is 1.05. The van der Waals surface area contributed by atoms with Crippen LogP contribution in [0.2, 0.25) is 0 Å². The number of aliphatic hydroxyl groups is 1. The molecule has 0 aliphatic carbocycles. The van der Waals surface area contributed by atoms with Crippen LogP contribution in [0.3, 0.4) is 0 Å². The molecule has 0 bridgehead atoms. The summed E-state index contributed by atoms with van der Waals surface area (Å²) in [7, 11) is 0. The van der Waals surface area contributed by atoms with Crippen molar-refractivity contribution < 1.29 is 9.90 Å². The third-order valence-electron chi connectivity index (χ3n) is 5.27. The van der Waals surface area contributed by atoms with Gasteiger partial charge in [0.15, 0.2) is 0 Å². The molecule has 0 saturated carbocycles. The Morgan fingerprint density at radius 3 is 2.24 bits per heavy atom. The van der Waals surface area contributed by atoms with Crippen molar-refractivity contribution in [2.24, 2.45) is 5.92 Å². The maximum Gasteiger partial charge on any atom is 0.222 e. The van der Waals surface area contributed by atoms with Gasteiger partial charge in [0.1, 0.15) is 0 Å². The number of hydrogen-bond acceptors (Lipinski definition) is 2. The predicted octanol–water partition coefficient (Wildman–Crippen LogP) is 3.41. The Balaban J connectivity index is 1.60. The SMILES string of the molecule is CC1CCN(CC(O)Cn2c3ccccc3c3ccccc32)C(=O)C1. The summed E-state index contributed by atoms with van der Waals surface area (Å²) in [5.41, 5.74) is 2.25. The first-order valence-electron chi connectivity index (χ1n) is 9.05. The molecule has 4 heteroatoms. The summed E-state index contributed by atoms with van der Waals surface area (Å²) in [5.74, 6) is 0.623. The van der Waals surface area contributed by atoms with Gasteiger partial charge in [0, 0.05) is 41.3 Å². The monoisotopic (exact) mass is 336 g/mol. The molecular formula is C21H24N2O2. The molecule has 0 spiro atoms. The normalized spacial score (nSPS) is 19.7. The van der Waals surface area contributed by atoms with Crippen LogP contribution >= 0.6 is 0 Å². The molecule has 4 nitrogen and oxygen atoms in total. The highest BCUT2D eigenvalue weighted by Crippen LogP contribution is 2.29. The van der Waals surface area contributed by atoms with Gasteiger partial charge in [-0.2, -0.15) is 0 Å². The van der Waals surface area contributed by atoms with E-state index in [0.29, 0.717) is 25.4 Å². The Labute approximate surface area is 147 Å². The zero-order chi connectivity index (χ0) is 17.4. The van der Waals surface area contributed by atoms with Crippen LogP contribution in [0.1, 0.15) is 19.8 Å². The van der Waals surface area contributed by atoms with E-state index in [4.69, 9.17) is 0 Å². The number of piperidine rings is 1. The molecule has 1 saturated heterocycles. The number of nitrogens with zero attached hydrogens (tertiary/aromatic N) is 2. The number of likely N-dealkylation sites (tertiary alicyclic amines) is 1. The third kappa shape index (κ3) is 3.02. The molecule has 4 rings (SSSR count). The molecule has 1 aliphatic rings. The first-order valence-corrected chi connectivity index (χ1v) is 9.05. The van der Waals surface area contributed by atoms with Gasteiger partial charge < -0.3 is 14.6 Å². The molecule has 2 atom stereocenters. The van der Waals surface area contributed by atoms with Gasteiger partial charge in [0.2, 0.25) is 5.91 Å². The zero-order valence-corrected chi connectivity index (χ0v) is 14.6. The number of benzene rings is 2. The van der Waals surface area contributed by atoms with Crippen molar-refractivity contribution in [1.82, 2.24) is 9.47 Å². The number of β-amino-alcohol motifs (C(OH)–C–C–N with tert-alkyl or cyclic N) is 1. The standard InChI is InChI=1S/C21H24N2O2/c1-15-10-11-22(21(25)12-15)13-16(24)14-23-19-8-4-2-6-17(19)18-7-3-5-9-20(18)23/h2-9,15-16,24H,10-14H2,1H3. The van der Waals surface area contributed by atoms with E-state index in [0.717, 1.165) is 24.0 Å². The summed E-state index contributed by atoms with van der Waals surface area (Å²) in [6, 6.07) is 16.6. The lowest BCUT2D eigenvalue weighted by Gasteiger charge is -2.31. The highest BCUT2D eigenvalue weighted by molar-refractivity contribution is 6.07. The van der Waals surface area contributed by atoms with Gasteiger partial charge in [-0.3, -0.25) is 4.79 Å². The molecule has 1 fully saturated rings. The van der Waals surface area contributed by atoms with E-state index in [1.54, 1.807) is 0 Å². The molecule has 2 heterocycles. The lowest BCUT2D eigenvalue weighted by molar-refractivity contribution is -0.136. The third-order valence-corrected chi connectivity index (χ3v) is 5.27. The molecule has 2 aromatic carbocycles. The fourth-order valence-corrected chi connectivity index (χ4v) is 3.95. The molecule has 130 valence electrons. The average Bonchev–Trinajstić information content (AvgIpc) is 2.92. The Morgan fingerprint density at radius 2 is 1.64 bits per heavy atom. The number of aromatic nitrogens is 1. The van der Waals surface area contributed by atoms with Crippen LogP contribution in [0.15, 0.2) is 48.5 Å². The summed E-state index contributed by atoms with van der Waals surface area (Å²) in [6.45, 7) is 3.77. The van der Waals surface area contributed by atoms with Gasteiger partial charge in [-0.1, -0.05) is 43.3 Å². The van der Waals surface area contributed by atoms with Crippen LogP contribution in [0.5, 0.6) is 0 Å². The quantitative estimate of drug-likeness (QED) is 0.793. The Morgan fingerprint density at radius 1 is 1.04 bits per heavy atom. The second-order valence-corrected chi connectivity index (χ2v) is 7.24. The largest absolute Gasteiger partial charge is 0.389 e. The van der Waals surface area contributed by atoms with Gasteiger partial charge in [-0.15, -0.1) is 0 Å². The van der Waals surface area contributed by atoms with Crippen LogP contribution in [-0.4, -0.2) is 39.7 Å². The summed E-state index contributed by atoms with van der Waals surface area (Å²) in [5, 5.41) is 13.1. The van der Waals surface area contributed by atoms with E-state index >= 15 is 0 Å². The van der Waals surface area contributed by atoms with Gasteiger partial charge in [-0.25, -0.2) is 0 Å². The Bertz CT molecular complexity index is 861. The van der Waals surface area contributed by atoms with E-state index in [-0.39, 0.29) is 5.91 Å². The smallest absolute Gasteiger partial charge is 0.222 e.